The van der Waals surface area contributed by atoms with Gasteiger partial charge in [0, 0.05) is 40.8 Å². The second-order valence-corrected chi connectivity index (χ2v) is 7.25. The van der Waals surface area contributed by atoms with Crippen LogP contribution in [0, 0.1) is 0 Å². The van der Waals surface area contributed by atoms with Crippen LogP contribution >= 0.6 is 23.2 Å². The van der Waals surface area contributed by atoms with E-state index in [1.165, 1.54) is 21.7 Å². The Bertz CT molecular complexity index is 828. The summed E-state index contributed by atoms with van der Waals surface area (Å²) in [5, 5.41) is 13.4. The zero-order valence-electron chi connectivity index (χ0n) is 15.8. The van der Waals surface area contributed by atoms with E-state index in [2.05, 4.69) is 5.32 Å². The number of nitrogens with zero attached hydrogens (tertiary/aromatic N) is 3. The number of hydrogen-bond acceptors (Lipinski definition) is 4. The summed E-state index contributed by atoms with van der Waals surface area (Å²) in [6.07, 6.45) is 0. The number of amides is 4. The molecule has 1 aliphatic rings. The maximum atomic E-state index is 12.7. The predicted octanol–water partition coefficient (Wildman–Crippen LogP) is 1.88. The summed E-state index contributed by atoms with van der Waals surface area (Å²) in [6.45, 7) is 0.677. The number of carbonyl (C=O) groups is 3. The molecule has 1 aromatic carbocycles. The van der Waals surface area contributed by atoms with E-state index in [0.29, 0.717) is 10.0 Å². The fourth-order valence-electron chi connectivity index (χ4n) is 2.74. The number of likely N-dealkylation sites (N-methyl/N-ethyl adjacent to an activating group) is 2. The van der Waals surface area contributed by atoms with Gasteiger partial charge in [0.1, 0.15) is 0 Å². The quantitative estimate of drug-likeness (QED) is 0.722. The highest BCUT2D eigenvalue weighted by Crippen LogP contribution is 2.24. The summed E-state index contributed by atoms with van der Waals surface area (Å²) in [6, 6.07) is 4.75. The molecule has 0 saturated carbocycles. The number of hydrogen-bond donors (Lipinski definition) is 2. The SMILES string of the molecule is CNC(=O)N(C)CCN1CC(C(=O)N(C)Cc2ccc(Cl)c(Cl)c2)=C(O)C1=O. The first-order valence-electron chi connectivity index (χ1n) is 8.49. The maximum absolute atomic E-state index is 12.7. The molecule has 0 bridgehead atoms. The van der Waals surface area contributed by atoms with Crippen LogP contribution in [0.4, 0.5) is 4.79 Å². The van der Waals surface area contributed by atoms with Crippen molar-refractivity contribution in [2.45, 2.75) is 6.54 Å². The molecule has 0 atom stereocenters. The predicted molar refractivity (Wildman–Crippen MR) is 106 cm³/mol. The summed E-state index contributed by atoms with van der Waals surface area (Å²) >= 11 is 11.9. The second kappa shape index (κ2) is 9.16. The first kappa shape index (κ1) is 21.8. The number of carbonyl (C=O) groups excluding carboxylic acids is 3. The molecule has 0 aromatic heterocycles. The molecule has 0 spiro atoms. The number of halogens is 2. The topological polar surface area (TPSA) is 93.2 Å². The molecule has 152 valence electrons. The van der Waals surface area contributed by atoms with Gasteiger partial charge in [-0.2, -0.15) is 0 Å². The molecule has 1 aliphatic heterocycles. The molecule has 28 heavy (non-hydrogen) atoms. The molecule has 8 nitrogen and oxygen atoms in total. The van der Waals surface area contributed by atoms with Gasteiger partial charge in [0.15, 0.2) is 5.76 Å². The van der Waals surface area contributed by atoms with Gasteiger partial charge < -0.3 is 25.1 Å². The second-order valence-electron chi connectivity index (χ2n) is 6.44. The monoisotopic (exact) mass is 428 g/mol. The largest absolute Gasteiger partial charge is 0.503 e. The van der Waals surface area contributed by atoms with Crippen LogP contribution in [-0.4, -0.2) is 78.4 Å². The Morgan fingerprint density at radius 2 is 1.89 bits per heavy atom. The van der Waals surface area contributed by atoms with Crippen LogP contribution in [0.15, 0.2) is 29.5 Å². The number of benzene rings is 1. The van der Waals surface area contributed by atoms with E-state index < -0.39 is 17.6 Å². The summed E-state index contributed by atoms with van der Waals surface area (Å²) in [5.41, 5.74) is 0.786. The minimum absolute atomic E-state index is 0.0171. The molecule has 0 fully saturated rings. The van der Waals surface area contributed by atoms with E-state index in [0.717, 1.165) is 5.56 Å². The zero-order chi connectivity index (χ0) is 21.0. The normalized spacial score (nSPS) is 13.8. The van der Waals surface area contributed by atoms with Crippen molar-refractivity contribution in [3.8, 4) is 0 Å². The standard InChI is InChI=1S/C18H22Cl2N4O4/c1-21-18(28)22(2)6-7-24-10-12(15(25)17(24)27)16(26)23(3)9-11-4-5-13(19)14(20)8-11/h4-5,8,25H,6-7,9-10H2,1-3H3,(H,21,28). The average molecular weight is 429 g/mol. The van der Waals surface area contributed by atoms with Crippen molar-refractivity contribution in [3.05, 3.63) is 45.1 Å². The number of rotatable bonds is 6. The molecular weight excluding hydrogens is 407 g/mol. The molecule has 10 heteroatoms. The lowest BCUT2D eigenvalue weighted by atomic mass is 10.2. The van der Waals surface area contributed by atoms with E-state index in [9.17, 15) is 19.5 Å². The van der Waals surface area contributed by atoms with Crippen molar-refractivity contribution in [2.75, 3.05) is 40.8 Å². The van der Waals surface area contributed by atoms with Crippen LogP contribution in [0.3, 0.4) is 0 Å². The third kappa shape index (κ3) is 4.88. The van der Waals surface area contributed by atoms with Gasteiger partial charge in [-0.1, -0.05) is 29.3 Å². The lowest BCUT2D eigenvalue weighted by Gasteiger charge is -2.22. The minimum atomic E-state index is -0.628. The van der Waals surface area contributed by atoms with E-state index in [-0.39, 0.29) is 37.8 Å². The summed E-state index contributed by atoms with van der Waals surface area (Å²) in [7, 11) is 4.66. The molecule has 4 amide bonds. The van der Waals surface area contributed by atoms with Crippen molar-refractivity contribution in [2.24, 2.45) is 0 Å². The number of aliphatic hydroxyl groups excluding tert-OH is 1. The number of aliphatic hydroxyl groups is 1. The van der Waals surface area contributed by atoms with Crippen LogP contribution < -0.4 is 5.32 Å². The molecule has 0 aliphatic carbocycles. The van der Waals surface area contributed by atoms with Gasteiger partial charge in [-0.3, -0.25) is 9.59 Å². The van der Waals surface area contributed by atoms with Gasteiger partial charge in [0.05, 0.1) is 22.2 Å². The fourth-order valence-corrected chi connectivity index (χ4v) is 3.06. The van der Waals surface area contributed by atoms with Gasteiger partial charge in [-0.15, -0.1) is 0 Å². The highest BCUT2D eigenvalue weighted by atomic mass is 35.5. The Morgan fingerprint density at radius 3 is 2.50 bits per heavy atom. The van der Waals surface area contributed by atoms with Gasteiger partial charge in [-0.05, 0) is 17.7 Å². The molecule has 2 N–H and O–H groups in total. The third-order valence-electron chi connectivity index (χ3n) is 4.40. The van der Waals surface area contributed by atoms with Crippen LogP contribution in [0.25, 0.3) is 0 Å². The molecule has 0 unspecified atom stereocenters. The summed E-state index contributed by atoms with van der Waals surface area (Å²) < 4.78 is 0. The minimum Gasteiger partial charge on any atom is -0.503 e. The highest BCUT2D eigenvalue weighted by Gasteiger charge is 2.35. The number of urea groups is 1. The Labute approximate surface area is 173 Å². The average Bonchev–Trinajstić information content (AvgIpc) is 2.95. The molecule has 1 aromatic rings. The Hall–Kier alpha value is -2.45. The molecule has 1 heterocycles. The van der Waals surface area contributed by atoms with E-state index >= 15 is 0 Å². The van der Waals surface area contributed by atoms with Crippen molar-refractivity contribution in [3.63, 3.8) is 0 Å². The van der Waals surface area contributed by atoms with E-state index in [1.54, 1.807) is 32.3 Å². The lowest BCUT2D eigenvalue weighted by molar-refractivity contribution is -0.128. The molecule has 0 saturated heterocycles. The maximum Gasteiger partial charge on any atom is 0.316 e. The van der Waals surface area contributed by atoms with Crippen molar-refractivity contribution >= 4 is 41.0 Å². The summed E-state index contributed by atoms with van der Waals surface area (Å²) in [5.74, 6) is -1.65. The third-order valence-corrected chi connectivity index (χ3v) is 5.14. The zero-order valence-corrected chi connectivity index (χ0v) is 17.3. The molecule has 0 radical (unpaired) electrons. The van der Waals surface area contributed by atoms with Crippen LogP contribution in [0.2, 0.25) is 10.0 Å². The van der Waals surface area contributed by atoms with Crippen molar-refractivity contribution < 1.29 is 19.5 Å². The smallest absolute Gasteiger partial charge is 0.316 e. The summed E-state index contributed by atoms with van der Waals surface area (Å²) in [4.78, 5) is 40.6. The Kier molecular flexibility index (Phi) is 7.15. The fraction of sp³-hybridized carbons (Fsp3) is 0.389. The van der Waals surface area contributed by atoms with E-state index in [1.807, 2.05) is 0 Å². The Balaban J connectivity index is 2.01. The highest BCUT2D eigenvalue weighted by molar-refractivity contribution is 6.42. The van der Waals surface area contributed by atoms with Crippen LogP contribution in [0.1, 0.15) is 5.56 Å². The lowest BCUT2D eigenvalue weighted by Crippen LogP contribution is -2.41. The van der Waals surface area contributed by atoms with Crippen LogP contribution in [-0.2, 0) is 16.1 Å². The molecular formula is C18H22Cl2N4O4. The molecule has 2 rings (SSSR count). The Morgan fingerprint density at radius 1 is 1.21 bits per heavy atom. The van der Waals surface area contributed by atoms with Gasteiger partial charge >= 0.3 is 6.03 Å². The van der Waals surface area contributed by atoms with Crippen molar-refractivity contribution in [1.29, 1.82) is 0 Å². The first-order valence-corrected chi connectivity index (χ1v) is 9.25. The van der Waals surface area contributed by atoms with E-state index in [4.69, 9.17) is 23.2 Å². The van der Waals surface area contributed by atoms with Gasteiger partial charge in [0.2, 0.25) is 0 Å². The van der Waals surface area contributed by atoms with Crippen molar-refractivity contribution in [1.82, 2.24) is 20.0 Å². The first-order chi connectivity index (χ1) is 13.1. The van der Waals surface area contributed by atoms with Gasteiger partial charge in [-0.25, -0.2) is 4.79 Å². The van der Waals surface area contributed by atoms with Gasteiger partial charge in [0.25, 0.3) is 11.8 Å². The number of nitrogens with one attached hydrogen (secondary N) is 1. The van der Waals surface area contributed by atoms with Crippen LogP contribution in [0.5, 0.6) is 0 Å².